The molecule has 0 saturated heterocycles. The minimum absolute atomic E-state index is 0.125. The molecule has 6 heteroatoms. The highest BCUT2D eigenvalue weighted by molar-refractivity contribution is 5.92. The van der Waals surface area contributed by atoms with Crippen LogP contribution in [-0.4, -0.2) is 27.3 Å². The number of hydrogen-bond acceptors (Lipinski definition) is 2. The highest BCUT2D eigenvalue weighted by atomic mass is 19.1. The zero-order chi connectivity index (χ0) is 13.6. The number of rotatable bonds is 4. The van der Waals surface area contributed by atoms with E-state index in [1.807, 2.05) is 0 Å². The summed E-state index contributed by atoms with van der Waals surface area (Å²) in [5.74, 6) is -1.86. The van der Waals surface area contributed by atoms with Crippen molar-refractivity contribution in [2.45, 2.75) is 19.4 Å². The number of hydrogen-bond donors (Lipinski definition) is 1. The highest BCUT2D eigenvalue weighted by Gasteiger charge is 2.43. The second kappa shape index (κ2) is 4.01. The lowest BCUT2D eigenvalue weighted by molar-refractivity contribution is 0.0696. The molecule has 0 bridgehead atoms. The van der Waals surface area contributed by atoms with Crippen LogP contribution >= 0.6 is 0 Å². The SMILES string of the molecule is O=C(O)c1cc(F)c2ncn(CC3(CF)CC3)c2c1. The number of fused-ring (bicyclic) bond motifs is 1. The molecule has 4 nitrogen and oxygen atoms in total. The molecule has 0 spiro atoms. The van der Waals surface area contributed by atoms with Gasteiger partial charge in [-0.05, 0) is 25.0 Å². The molecular weight excluding hydrogens is 254 g/mol. The second-order valence-electron chi connectivity index (χ2n) is 5.14. The average molecular weight is 266 g/mol. The van der Waals surface area contributed by atoms with Crippen molar-refractivity contribution in [3.8, 4) is 0 Å². The fourth-order valence-corrected chi connectivity index (χ4v) is 2.24. The summed E-state index contributed by atoms with van der Waals surface area (Å²) >= 11 is 0. The van der Waals surface area contributed by atoms with E-state index in [-0.39, 0.29) is 16.5 Å². The number of carbonyl (C=O) groups is 1. The molecule has 2 aromatic rings. The number of aromatic nitrogens is 2. The molecule has 1 heterocycles. The Morgan fingerprint density at radius 2 is 2.21 bits per heavy atom. The summed E-state index contributed by atoms with van der Waals surface area (Å²) in [6.07, 6.45) is 3.03. The van der Waals surface area contributed by atoms with E-state index in [4.69, 9.17) is 5.11 Å². The van der Waals surface area contributed by atoms with Crippen molar-refractivity contribution < 1.29 is 18.7 Å². The Bertz CT molecular complexity index is 662. The molecule has 1 aliphatic rings. The highest BCUT2D eigenvalue weighted by Crippen LogP contribution is 2.47. The Balaban J connectivity index is 2.08. The smallest absolute Gasteiger partial charge is 0.335 e. The maximum absolute atomic E-state index is 13.7. The van der Waals surface area contributed by atoms with Gasteiger partial charge >= 0.3 is 5.97 Å². The number of alkyl halides is 1. The lowest BCUT2D eigenvalue weighted by Gasteiger charge is -2.12. The number of carboxylic acids is 1. The normalized spacial score (nSPS) is 16.7. The largest absolute Gasteiger partial charge is 0.478 e. The second-order valence-corrected chi connectivity index (χ2v) is 5.14. The third kappa shape index (κ3) is 1.97. The topological polar surface area (TPSA) is 55.1 Å². The molecule has 0 unspecified atom stereocenters. The van der Waals surface area contributed by atoms with Gasteiger partial charge in [-0.25, -0.2) is 14.2 Å². The summed E-state index contributed by atoms with van der Waals surface area (Å²) < 4.78 is 28.3. The van der Waals surface area contributed by atoms with Crippen molar-refractivity contribution in [1.82, 2.24) is 9.55 Å². The molecule has 100 valence electrons. The van der Waals surface area contributed by atoms with Crippen LogP contribution in [-0.2, 0) is 6.54 Å². The van der Waals surface area contributed by atoms with E-state index in [1.165, 1.54) is 12.4 Å². The maximum atomic E-state index is 13.7. The zero-order valence-electron chi connectivity index (χ0n) is 10.1. The number of aromatic carboxylic acids is 1. The van der Waals surface area contributed by atoms with E-state index in [9.17, 15) is 13.6 Å². The van der Waals surface area contributed by atoms with Gasteiger partial charge in [0.15, 0.2) is 5.82 Å². The predicted octanol–water partition coefficient (Wildman–Crippen LogP) is 2.62. The fourth-order valence-electron chi connectivity index (χ4n) is 2.24. The van der Waals surface area contributed by atoms with Crippen LogP contribution < -0.4 is 0 Å². The Kier molecular flexibility index (Phi) is 2.55. The van der Waals surface area contributed by atoms with Gasteiger partial charge in [-0.15, -0.1) is 0 Å². The van der Waals surface area contributed by atoms with E-state index in [1.54, 1.807) is 4.57 Å². The van der Waals surface area contributed by atoms with E-state index < -0.39 is 18.5 Å². The number of imidazole rings is 1. The Morgan fingerprint density at radius 1 is 1.47 bits per heavy atom. The van der Waals surface area contributed by atoms with Gasteiger partial charge in [0.25, 0.3) is 0 Å². The van der Waals surface area contributed by atoms with Gasteiger partial charge in [0, 0.05) is 12.0 Å². The Hall–Kier alpha value is -1.98. The van der Waals surface area contributed by atoms with Crippen LogP contribution in [0.2, 0.25) is 0 Å². The zero-order valence-corrected chi connectivity index (χ0v) is 10.1. The number of carboxylic acid groups (broad SMARTS) is 1. The van der Waals surface area contributed by atoms with Crippen LogP contribution in [0, 0.1) is 11.2 Å². The standard InChI is InChI=1S/C13H12F2N2O2/c14-5-13(1-2-13)6-17-7-16-11-9(15)3-8(12(18)19)4-10(11)17/h3-4,7H,1-2,5-6H2,(H,18,19). The lowest BCUT2D eigenvalue weighted by atomic mass is 10.1. The molecule has 1 fully saturated rings. The first-order valence-electron chi connectivity index (χ1n) is 5.98. The molecule has 1 aromatic heterocycles. The molecule has 1 aliphatic carbocycles. The number of benzene rings is 1. The van der Waals surface area contributed by atoms with Crippen LogP contribution in [0.5, 0.6) is 0 Å². The van der Waals surface area contributed by atoms with E-state index >= 15 is 0 Å². The quantitative estimate of drug-likeness (QED) is 0.925. The van der Waals surface area contributed by atoms with Gasteiger partial charge in [-0.2, -0.15) is 0 Å². The minimum atomic E-state index is -1.19. The van der Waals surface area contributed by atoms with Gasteiger partial charge in [0.05, 0.1) is 24.1 Å². The van der Waals surface area contributed by atoms with Gasteiger partial charge < -0.3 is 9.67 Å². The molecular formula is C13H12F2N2O2. The summed E-state index contributed by atoms with van der Waals surface area (Å²) in [5.41, 5.74) is 0.0252. The fraction of sp³-hybridized carbons (Fsp3) is 0.385. The Labute approximate surface area is 107 Å². The van der Waals surface area contributed by atoms with Gasteiger partial charge in [-0.3, -0.25) is 4.39 Å². The molecule has 0 aliphatic heterocycles. The first-order valence-corrected chi connectivity index (χ1v) is 5.98. The van der Waals surface area contributed by atoms with E-state index in [2.05, 4.69) is 4.98 Å². The predicted molar refractivity (Wildman–Crippen MR) is 64.3 cm³/mol. The summed E-state index contributed by atoms with van der Waals surface area (Å²) in [5, 5.41) is 8.93. The average Bonchev–Trinajstić information content (AvgIpc) is 3.04. The Morgan fingerprint density at radius 3 is 2.79 bits per heavy atom. The third-order valence-electron chi connectivity index (χ3n) is 3.67. The summed E-state index contributed by atoms with van der Waals surface area (Å²) in [6, 6.07) is 2.33. The summed E-state index contributed by atoms with van der Waals surface area (Å²) in [6.45, 7) is -0.0176. The molecule has 0 amide bonds. The summed E-state index contributed by atoms with van der Waals surface area (Å²) in [4.78, 5) is 14.9. The van der Waals surface area contributed by atoms with Gasteiger partial charge in [0.1, 0.15) is 5.52 Å². The van der Waals surface area contributed by atoms with Crippen LogP contribution in [0.3, 0.4) is 0 Å². The van der Waals surface area contributed by atoms with Crippen LogP contribution in [0.4, 0.5) is 8.78 Å². The van der Waals surface area contributed by atoms with E-state index in [0.717, 1.165) is 18.9 Å². The van der Waals surface area contributed by atoms with Crippen molar-refractivity contribution in [3.63, 3.8) is 0 Å². The van der Waals surface area contributed by atoms with Crippen molar-refractivity contribution >= 4 is 17.0 Å². The van der Waals surface area contributed by atoms with Crippen molar-refractivity contribution in [3.05, 3.63) is 29.8 Å². The molecule has 1 saturated carbocycles. The third-order valence-corrected chi connectivity index (χ3v) is 3.67. The minimum Gasteiger partial charge on any atom is -0.478 e. The summed E-state index contributed by atoms with van der Waals surface area (Å²) in [7, 11) is 0. The number of nitrogens with zero attached hydrogens (tertiary/aromatic N) is 2. The first-order chi connectivity index (χ1) is 9.04. The number of halogens is 2. The molecule has 1 N–H and O–H groups in total. The van der Waals surface area contributed by atoms with Crippen LogP contribution in [0.1, 0.15) is 23.2 Å². The van der Waals surface area contributed by atoms with E-state index in [0.29, 0.717) is 12.1 Å². The monoisotopic (exact) mass is 266 g/mol. The molecule has 3 rings (SSSR count). The van der Waals surface area contributed by atoms with Crippen molar-refractivity contribution in [2.24, 2.45) is 5.41 Å². The molecule has 0 radical (unpaired) electrons. The van der Waals surface area contributed by atoms with Crippen LogP contribution in [0.25, 0.3) is 11.0 Å². The van der Waals surface area contributed by atoms with Crippen LogP contribution in [0.15, 0.2) is 18.5 Å². The first kappa shape index (κ1) is 12.1. The maximum Gasteiger partial charge on any atom is 0.335 e. The molecule has 1 aromatic carbocycles. The molecule has 19 heavy (non-hydrogen) atoms. The van der Waals surface area contributed by atoms with Gasteiger partial charge in [0.2, 0.25) is 0 Å². The van der Waals surface area contributed by atoms with Crippen molar-refractivity contribution in [1.29, 1.82) is 0 Å². The molecule has 0 atom stereocenters. The van der Waals surface area contributed by atoms with Gasteiger partial charge in [-0.1, -0.05) is 0 Å². The lowest BCUT2D eigenvalue weighted by Crippen LogP contribution is -2.13. The van der Waals surface area contributed by atoms with Crippen molar-refractivity contribution in [2.75, 3.05) is 6.67 Å².